The standard InChI is InChI=1S/C11H13BF3O2P/c1-3-5-16-7-8(17-6-4-2)11(15,18)9(13)10(7,12)14/h3-4,9H,1-2,5-6,18H2. The minimum absolute atomic E-state index is 0.126. The molecule has 2 nitrogen and oxygen atoms in total. The minimum Gasteiger partial charge on any atom is -0.488 e. The summed E-state index contributed by atoms with van der Waals surface area (Å²) in [6.07, 6.45) is -0.0433. The van der Waals surface area contributed by atoms with Gasteiger partial charge < -0.3 is 9.47 Å². The Morgan fingerprint density at radius 2 is 1.67 bits per heavy atom. The Balaban J connectivity index is 3.16. The van der Waals surface area contributed by atoms with Crippen molar-refractivity contribution in [2.24, 2.45) is 0 Å². The van der Waals surface area contributed by atoms with Crippen molar-refractivity contribution in [3.63, 3.8) is 0 Å². The summed E-state index contributed by atoms with van der Waals surface area (Å²) < 4.78 is 51.6. The molecule has 0 spiro atoms. The second-order valence-electron chi connectivity index (χ2n) is 3.76. The van der Waals surface area contributed by atoms with Gasteiger partial charge in [0.2, 0.25) is 5.41 Å². The number of hydrogen-bond acceptors (Lipinski definition) is 2. The molecule has 0 saturated heterocycles. The average molecular weight is 276 g/mol. The van der Waals surface area contributed by atoms with Crippen LogP contribution in [0.2, 0.25) is 0 Å². The Bertz CT molecular complexity index is 348. The molecule has 0 aromatic rings. The molecule has 1 aliphatic carbocycles. The van der Waals surface area contributed by atoms with Gasteiger partial charge in [0.25, 0.3) is 0 Å². The summed E-state index contributed by atoms with van der Waals surface area (Å²) in [4.78, 5) is 0. The molecule has 4 atom stereocenters. The van der Waals surface area contributed by atoms with Gasteiger partial charge >= 0.3 is 0 Å². The molecule has 7 heteroatoms. The molecule has 0 amide bonds. The monoisotopic (exact) mass is 276 g/mol. The smallest absolute Gasteiger partial charge is 0.216 e. The maximum Gasteiger partial charge on any atom is 0.216 e. The van der Waals surface area contributed by atoms with Crippen LogP contribution in [-0.4, -0.2) is 38.2 Å². The molecular weight excluding hydrogens is 263 g/mol. The summed E-state index contributed by atoms with van der Waals surface area (Å²) in [5.74, 6) is -1.32. The van der Waals surface area contributed by atoms with Gasteiger partial charge in [0.05, 0.1) is 0 Å². The van der Waals surface area contributed by atoms with Crippen LogP contribution in [0.5, 0.6) is 0 Å². The van der Waals surface area contributed by atoms with E-state index in [4.69, 9.17) is 17.3 Å². The van der Waals surface area contributed by atoms with Crippen LogP contribution < -0.4 is 0 Å². The van der Waals surface area contributed by atoms with Crippen LogP contribution in [0, 0.1) is 0 Å². The molecule has 0 aromatic heterocycles. The maximum atomic E-state index is 14.1. The van der Waals surface area contributed by atoms with E-state index in [-0.39, 0.29) is 13.2 Å². The normalized spacial score (nSPS) is 35.4. The third-order valence-electron chi connectivity index (χ3n) is 2.33. The number of alkyl halides is 3. The summed E-state index contributed by atoms with van der Waals surface area (Å²) in [5, 5.41) is -2.77. The molecular formula is C11H13BF3O2P. The fraction of sp³-hybridized carbons (Fsp3) is 0.455. The highest BCUT2D eigenvalue weighted by Crippen LogP contribution is 2.52. The number of rotatable bonds is 6. The van der Waals surface area contributed by atoms with Gasteiger partial charge in [-0.05, 0) is 0 Å². The molecule has 0 heterocycles. The Hall–Kier alpha value is -0.895. The molecule has 18 heavy (non-hydrogen) atoms. The van der Waals surface area contributed by atoms with Crippen LogP contribution in [0.3, 0.4) is 0 Å². The van der Waals surface area contributed by atoms with E-state index in [1.807, 2.05) is 0 Å². The van der Waals surface area contributed by atoms with Crippen molar-refractivity contribution in [2.45, 2.75) is 17.1 Å². The fourth-order valence-electron chi connectivity index (χ4n) is 1.52. The van der Waals surface area contributed by atoms with Gasteiger partial charge in [-0.3, -0.25) is 0 Å². The van der Waals surface area contributed by atoms with Crippen LogP contribution in [-0.2, 0) is 9.47 Å². The van der Waals surface area contributed by atoms with E-state index in [0.29, 0.717) is 0 Å². The first-order valence-corrected chi connectivity index (χ1v) is 5.70. The Kier molecular flexibility index (Phi) is 4.54. The first-order valence-electron chi connectivity index (χ1n) is 5.12. The quantitative estimate of drug-likeness (QED) is 0.421. The molecule has 1 rings (SSSR count). The van der Waals surface area contributed by atoms with Crippen molar-refractivity contribution in [1.29, 1.82) is 0 Å². The molecule has 0 N–H and O–H groups in total. The second-order valence-corrected chi connectivity index (χ2v) is 4.60. The van der Waals surface area contributed by atoms with Gasteiger partial charge in [-0.15, -0.1) is 0 Å². The van der Waals surface area contributed by atoms with E-state index < -0.39 is 28.7 Å². The van der Waals surface area contributed by atoms with Crippen molar-refractivity contribution >= 4 is 17.1 Å². The van der Waals surface area contributed by atoms with Crippen LogP contribution in [0.4, 0.5) is 13.2 Å². The van der Waals surface area contributed by atoms with Crippen molar-refractivity contribution in [3.8, 4) is 0 Å². The van der Waals surface area contributed by atoms with Crippen LogP contribution in [0.25, 0.3) is 0 Å². The van der Waals surface area contributed by atoms with E-state index in [1.165, 1.54) is 12.2 Å². The topological polar surface area (TPSA) is 18.5 Å². The summed E-state index contributed by atoms with van der Waals surface area (Å²) in [7, 11) is 6.68. The number of hydrogen-bond donors (Lipinski definition) is 0. The Morgan fingerprint density at radius 3 is 2.11 bits per heavy atom. The van der Waals surface area contributed by atoms with Gasteiger partial charge in [-0.1, -0.05) is 34.5 Å². The summed E-state index contributed by atoms with van der Waals surface area (Å²) >= 11 is 0. The highest BCUT2D eigenvalue weighted by molar-refractivity contribution is 7.19. The predicted octanol–water partition coefficient (Wildman–Crippen LogP) is 2.33. The van der Waals surface area contributed by atoms with E-state index >= 15 is 0 Å². The van der Waals surface area contributed by atoms with Gasteiger partial charge in [0.15, 0.2) is 23.3 Å². The molecule has 0 bridgehead atoms. The van der Waals surface area contributed by atoms with E-state index in [1.54, 1.807) is 9.24 Å². The molecule has 98 valence electrons. The first-order chi connectivity index (χ1) is 8.30. The third-order valence-corrected chi connectivity index (χ3v) is 2.89. The van der Waals surface area contributed by atoms with Crippen molar-refractivity contribution in [1.82, 2.24) is 0 Å². The van der Waals surface area contributed by atoms with Crippen LogP contribution in [0.1, 0.15) is 0 Å². The summed E-state index contributed by atoms with van der Waals surface area (Å²) in [5.41, 5.74) is -3.09. The van der Waals surface area contributed by atoms with E-state index in [2.05, 4.69) is 13.2 Å². The summed E-state index contributed by atoms with van der Waals surface area (Å²) in [6.45, 7) is 6.44. The summed E-state index contributed by atoms with van der Waals surface area (Å²) in [6, 6.07) is 0. The third kappa shape index (κ3) is 2.44. The lowest BCUT2D eigenvalue weighted by Crippen LogP contribution is -2.41. The van der Waals surface area contributed by atoms with E-state index in [0.717, 1.165) is 0 Å². The Morgan fingerprint density at radius 1 is 1.22 bits per heavy atom. The molecule has 0 aromatic carbocycles. The molecule has 2 radical (unpaired) electrons. The largest absolute Gasteiger partial charge is 0.488 e. The first kappa shape index (κ1) is 15.2. The van der Waals surface area contributed by atoms with Crippen molar-refractivity contribution in [2.75, 3.05) is 13.2 Å². The minimum atomic E-state index is -3.09. The van der Waals surface area contributed by atoms with Gasteiger partial charge in [0.1, 0.15) is 21.1 Å². The zero-order valence-electron chi connectivity index (χ0n) is 9.67. The predicted molar refractivity (Wildman–Crippen MR) is 67.4 cm³/mol. The lowest BCUT2D eigenvalue weighted by molar-refractivity contribution is 0.0590. The number of allylic oxidation sites excluding steroid dienone is 2. The van der Waals surface area contributed by atoms with E-state index in [9.17, 15) is 13.2 Å². The average Bonchev–Trinajstić information content (AvgIpc) is 2.42. The zero-order chi connectivity index (χ0) is 14.0. The number of halogens is 3. The fourth-order valence-corrected chi connectivity index (χ4v) is 1.98. The highest BCUT2D eigenvalue weighted by atomic mass is 31.0. The lowest BCUT2D eigenvalue weighted by Gasteiger charge is -2.24. The molecule has 0 fully saturated rings. The molecule has 1 aliphatic rings. The van der Waals surface area contributed by atoms with Gasteiger partial charge in [-0.2, -0.15) is 0 Å². The maximum absolute atomic E-state index is 14.1. The molecule has 0 aliphatic heterocycles. The highest BCUT2D eigenvalue weighted by Gasteiger charge is 2.63. The lowest BCUT2D eigenvalue weighted by atomic mass is 9.80. The van der Waals surface area contributed by atoms with Crippen LogP contribution in [0.15, 0.2) is 36.8 Å². The van der Waals surface area contributed by atoms with Gasteiger partial charge in [0, 0.05) is 0 Å². The Labute approximate surface area is 108 Å². The van der Waals surface area contributed by atoms with Crippen molar-refractivity contribution in [3.05, 3.63) is 36.8 Å². The molecule has 4 unspecified atom stereocenters. The zero-order valence-corrected chi connectivity index (χ0v) is 10.8. The molecule has 0 saturated carbocycles. The second kappa shape index (κ2) is 5.39. The number of ether oxygens (including phenoxy) is 2. The SMILES string of the molecule is [B]C1(F)C(OCC=C)=C(OCC=C)C(F)(P)C1F. The van der Waals surface area contributed by atoms with Crippen LogP contribution >= 0.6 is 9.24 Å². The van der Waals surface area contributed by atoms with Crippen molar-refractivity contribution < 1.29 is 22.6 Å². The van der Waals surface area contributed by atoms with Gasteiger partial charge in [-0.25, -0.2) is 13.2 Å².